The predicted octanol–water partition coefficient (Wildman–Crippen LogP) is 3.03. The van der Waals surface area contributed by atoms with Crippen LogP contribution in [0.1, 0.15) is 19.0 Å². The van der Waals surface area contributed by atoms with E-state index >= 15 is 0 Å². The van der Waals surface area contributed by atoms with Crippen molar-refractivity contribution in [1.82, 2.24) is 9.55 Å². The summed E-state index contributed by atoms with van der Waals surface area (Å²) in [5, 5.41) is 3.36. The zero-order valence-electron chi connectivity index (χ0n) is 12.9. The topological polar surface area (TPSA) is 48.3 Å². The van der Waals surface area contributed by atoms with E-state index in [0.29, 0.717) is 0 Å². The second kappa shape index (κ2) is 7.69. The van der Waals surface area contributed by atoms with Gasteiger partial charge in [-0.15, -0.1) is 0 Å². The Labute approximate surface area is 125 Å². The lowest BCUT2D eigenvalue weighted by Crippen LogP contribution is -2.10. The van der Waals surface area contributed by atoms with Gasteiger partial charge in [0.15, 0.2) is 0 Å². The van der Waals surface area contributed by atoms with Gasteiger partial charge in [0.05, 0.1) is 18.5 Å². The molecule has 0 amide bonds. The molecule has 0 fully saturated rings. The lowest BCUT2D eigenvalue weighted by molar-refractivity contribution is 0.147. The van der Waals surface area contributed by atoms with Crippen molar-refractivity contribution in [3.8, 4) is 11.4 Å². The molecule has 114 valence electrons. The predicted molar refractivity (Wildman–Crippen MR) is 84.5 cm³/mol. The van der Waals surface area contributed by atoms with Crippen LogP contribution in [0.2, 0.25) is 0 Å². The summed E-state index contributed by atoms with van der Waals surface area (Å²) in [7, 11) is 1.68. The SMILES string of the molecule is CCOCCCNc1nc(C)cn1-c1ccccc1OC. The highest BCUT2D eigenvalue weighted by atomic mass is 16.5. The molecule has 5 heteroatoms. The van der Waals surface area contributed by atoms with E-state index in [1.807, 2.05) is 48.9 Å². The number of hydrogen-bond acceptors (Lipinski definition) is 4. The highest BCUT2D eigenvalue weighted by Crippen LogP contribution is 2.25. The normalized spacial score (nSPS) is 10.6. The molecule has 0 unspecified atom stereocenters. The molecule has 1 N–H and O–H groups in total. The lowest BCUT2D eigenvalue weighted by Gasteiger charge is -2.12. The van der Waals surface area contributed by atoms with Gasteiger partial charge in [0.1, 0.15) is 5.75 Å². The molecule has 1 aromatic carbocycles. The second-order valence-corrected chi connectivity index (χ2v) is 4.72. The van der Waals surface area contributed by atoms with Gasteiger partial charge in [-0.1, -0.05) is 12.1 Å². The van der Waals surface area contributed by atoms with Crippen molar-refractivity contribution in [2.45, 2.75) is 20.3 Å². The number of methoxy groups -OCH3 is 1. The number of ether oxygens (including phenoxy) is 2. The number of aromatic nitrogens is 2. The van der Waals surface area contributed by atoms with Crippen molar-refractivity contribution < 1.29 is 9.47 Å². The fourth-order valence-electron chi connectivity index (χ4n) is 2.15. The molecule has 0 spiro atoms. The number of anilines is 1. The minimum Gasteiger partial charge on any atom is -0.495 e. The molecule has 0 saturated carbocycles. The summed E-state index contributed by atoms with van der Waals surface area (Å²) in [5.41, 5.74) is 1.95. The van der Waals surface area contributed by atoms with Gasteiger partial charge >= 0.3 is 0 Å². The van der Waals surface area contributed by atoms with Crippen LogP contribution in [-0.4, -0.2) is 36.4 Å². The summed E-state index contributed by atoms with van der Waals surface area (Å²) in [6.07, 6.45) is 2.95. The first-order valence-electron chi connectivity index (χ1n) is 7.27. The number of para-hydroxylation sites is 2. The fourth-order valence-corrected chi connectivity index (χ4v) is 2.15. The summed E-state index contributed by atoms with van der Waals surface area (Å²) in [6.45, 7) is 6.33. The van der Waals surface area contributed by atoms with Gasteiger partial charge < -0.3 is 14.8 Å². The highest BCUT2D eigenvalue weighted by molar-refractivity contribution is 5.52. The summed E-state index contributed by atoms with van der Waals surface area (Å²) >= 11 is 0. The molecular weight excluding hydrogens is 266 g/mol. The Morgan fingerprint density at radius 2 is 2.10 bits per heavy atom. The molecule has 0 bridgehead atoms. The molecule has 0 aliphatic carbocycles. The minimum absolute atomic E-state index is 0.759. The van der Waals surface area contributed by atoms with Crippen LogP contribution >= 0.6 is 0 Å². The number of benzene rings is 1. The Hall–Kier alpha value is -2.01. The monoisotopic (exact) mass is 289 g/mol. The Bertz CT molecular complexity index is 566. The van der Waals surface area contributed by atoms with E-state index in [2.05, 4.69) is 10.3 Å². The third kappa shape index (κ3) is 3.98. The average molecular weight is 289 g/mol. The molecule has 2 rings (SSSR count). The molecule has 1 heterocycles. The largest absolute Gasteiger partial charge is 0.495 e. The number of rotatable bonds is 8. The summed E-state index contributed by atoms with van der Waals surface area (Å²) in [6, 6.07) is 7.92. The molecule has 0 saturated heterocycles. The Kier molecular flexibility index (Phi) is 5.63. The van der Waals surface area contributed by atoms with Crippen LogP contribution in [-0.2, 0) is 4.74 Å². The van der Waals surface area contributed by atoms with Crippen molar-refractivity contribution >= 4 is 5.95 Å². The first-order valence-corrected chi connectivity index (χ1v) is 7.27. The Balaban J connectivity index is 2.13. The highest BCUT2D eigenvalue weighted by Gasteiger charge is 2.10. The number of aryl methyl sites for hydroxylation is 1. The molecule has 21 heavy (non-hydrogen) atoms. The lowest BCUT2D eigenvalue weighted by atomic mass is 10.3. The Morgan fingerprint density at radius 1 is 1.29 bits per heavy atom. The smallest absolute Gasteiger partial charge is 0.207 e. The third-order valence-electron chi connectivity index (χ3n) is 3.12. The maximum Gasteiger partial charge on any atom is 0.207 e. The van der Waals surface area contributed by atoms with E-state index in [1.54, 1.807) is 7.11 Å². The number of imidazole rings is 1. The van der Waals surface area contributed by atoms with Gasteiger partial charge in [-0.25, -0.2) is 4.98 Å². The first-order chi connectivity index (χ1) is 10.3. The van der Waals surface area contributed by atoms with Gasteiger partial charge in [-0.05, 0) is 32.4 Å². The zero-order valence-corrected chi connectivity index (χ0v) is 12.9. The molecule has 0 aliphatic heterocycles. The molecule has 2 aromatic rings. The van der Waals surface area contributed by atoms with Crippen LogP contribution in [0.3, 0.4) is 0 Å². The summed E-state index contributed by atoms with van der Waals surface area (Å²) in [5.74, 6) is 1.65. The number of nitrogens with one attached hydrogen (secondary N) is 1. The number of hydrogen-bond donors (Lipinski definition) is 1. The Morgan fingerprint density at radius 3 is 2.86 bits per heavy atom. The molecule has 0 radical (unpaired) electrons. The second-order valence-electron chi connectivity index (χ2n) is 4.72. The molecule has 0 atom stereocenters. The molecule has 5 nitrogen and oxygen atoms in total. The van der Waals surface area contributed by atoms with Crippen molar-refractivity contribution in [2.75, 3.05) is 32.2 Å². The van der Waals surface area contributed by atoms with Crippen LogP contribution in [0.5, 0.6) is 5.75 Å². The van der Waals surface area contributed by atoms with Crippen LogP contribution in [0, 0.1) is 6.92 Å². The van der Waals surface area contributed by atoms with Gasteiger partial charge in [0.2, 0.25) is 5.95 Å². The van der Waals surface area contributed by atoms with E-state index in [0.717, 1.165) is 49.3 Å². The maximum atomic E-state index is 5.43. The minimum atomic E-state index is 0.759. The molecule has 1 aromatic heterocycles. The first kappa shape index (κ1) is 15.4. The van der Waals surface area contributed by atoms with Crippen LogP contribution in [0.15, 0.2) is 30.5 Å². The summed E-state index contributed by atoms with van der Waals surface area (Å²) in [4.78, 5) is 4.54. The van der Waals surface area contributed by atoms with E-state index in [4.69, 9.17) is 9.47 Å². The molecule has 0 aliphatic rings. The van der Waals surface area contributed by atoms with Crippen LogP contribution in [0.4, 0.5) is 5.95 Å². The van der Waals surface area contributed by atoms with Crippen molar-refractivity contribution in [3.63, 3.8) is 0 Å². The van der Waals surface area contributed by atoms with E-state index < -0.39 is 0 Å². The van der Waals surface area contributed by atoms with E-state index in [9.17, 15) is 0 Å². The van der Waals surface area contributed by atoms with E-state index in [1.165, 1.54) is 0 Å². The van der Waals surface area contributed by atoms with Gasteiger partial charge in [-0.3, -0.25) is 4.57 Å². The standard InChI is InChI=1S/C16H23N3O2/c1-4-21-11-7-10-17-16-18-13(2)12-19(16)14-8-5-6-9-15(14)20-3/h5-6,8-9,12H,4,7,10-11H2,1-3H3,(H,17,18). The summed E-state index contributed by atoms with van der Waals surface area (Å²) < 4.78 is 12.8. The average Bonchev–Trinajstić information content (AvgIpc) is 2.87. The maximum absolute atomic E-state index is 5.43. The van der Waals surface area contributed by atoms with Crippen molar-refractivity contribution in [2.24, 2.45) is 0 Å². The van der Waals surface area contributed by atoms with Crippen LogP contribution in [0.25, 0.3) is 5.69 Å². The van der Waals surface area contributed by atoms with Crippen molar-refractivity contribution in [1.29, 1.82) is 0 Å². The third-order valence-corrected chi connectivity index (χ3v) is 3.12. The number of nitrogens with zero attached hydrogens (tertiary/aromatic N) is 2. The fraction of sp³-hybridized carbons (Fsp3) is 0.438. The van der Waals surface area contributed by atoms with Gasteiger partial charge in [0, 0.05) is 26.0 Å². The van der Waals surface area contributed by atoms with Gasteiger partial charge in [-0.2, -0.15) is 0 Å². The van der Waals surface area contributed by atoms with Crippen molar-refractivity contribution in [3.05, 3.63) is 36.2 Å². The van der Waals surface area contributed by atoms with Gasteiger partial charge in [0.25, 0.3) is 0 Å². The van der Waals surface area contributed by atoms with E-state index in [-0.39, 0.29) is 0 Å². The quantitative estimate of drug-likeness (QED) is 0.759. The zero-order chi connectivity index (χ0) is 15.1. The molecular formula is C16H23N3O2. The van der Waals surface area contributed by atoms with Crippen LogP contribution < -0.4 is 10.1 Å².